The van der Waals surface area contributed by atoms with Gasteiger partial charge >= 0.3 is 5.97 Å². The van der Waals surface area contributed by atoms with E-state index in [-0.39, 0.29) is 11.7 Å². The van der Waals surface area contributed by atoms with Gasteiger partial charge in [-0.05, 0) is 54.8 Å². The molecular formula is C21H23ClN2O3. The predicted molar refractivity (Wildman–Crippen MR) is 107 cm³/mol. The van der Waals surface area contributed by atoms with E-state index < -0.39 is 12.1 Å². The topological polar surface area (TPSA) is 74.5 Å². The minimum atomic E-state index is -0.930. The number of aromatic nitrogens is 1. The van der Waals surface area contributed by atoms with Crippen molar-refractivity contribution >= 4 is 28.5 Å². The second-order valence-corrected chi connectivity index (χ2v) is 7.31. The zero-order valence-electron chi connectivity index (χ0n) is 15.3. The third kappa shape index (κ3) is 4.50. The number of carbonyl (C=O) groups is 1. The van der Waals surface area contributed by atoms with Crippen LogP contribution < -0.4 is 5.32 Å². The molecule has 0 aliphatic rings. The number of hydrogen-bond acceptors (Lipinski definition) is 3. The van der Waals surface area contributed by atoms with Crippen molar-refractivity contribution in [3.63, 3.8) is 0 Å². The number of aromatic carboxylic acids is 1. The third-order valence-corrected chi connectivity index (χ3v) is 5.00. The molecule has 3 N–H and O–H groups in total. The van der Waals surface area contributed by atoms with Crippen LogP contribution in [0.1, 0.15) is 34.6 Å². The second kappa shape index (κ2) is 8.13. The minimum Gasteiger partial charge on any atom is -0.477 e. The molecule has 0 saturated carbocycles. The maximum Gasteiger partial charge on any atom is 0.352 e. The van der Waals surface area contributed by atoms with E-state index >= 15 is 0 Å². The number of carboxylic acids is 1. The minimum absolute atomic E-state index is 0.152. The lowest BCUT2D eigenvalue weighted by atomic mass is 10.0. The van der Waals surface area contributed by atoms with Gasteiger partial charge in [0.1, 0.15) is 5.69 Å². The molecule has 2 aromatic carbocycles. The van der Waals surface area contributed by atoms with Crippen LogP contribution in [0.4, 0.5) is 0 Å². The van der Waals surface area contributed by atoms with Gasteiger partial charge < -0.3 is 20.1 Å². The lowest BCUT2D eigenvalue weighted by molar-refractivity contribution is 0.0687. The van der Waals surface area contributed by atoms with Crippen LogP contribution in [0.15, 0.2) is 48.5 Å². The molecule has 5 nitrogen and oxygen atoms in total. The van der Waals surface area contributed by atoms with Crippen LogP contribution in [-0.4, -0.2) is 33.3 Å². The van der Waals surface area contributed by atoms with Crippen LogP contribution in [0.2, 0.25) is 5.02 Å². The van der Waals surface area contributed by atoms with Gasteiger partial charge in [0.15, 0.2) is 0 Å². The highest BCUT2D eigenvalue weighted by Crippen LogP contribution is 2.21. The van der Waals surface area contributed by atoms with Gasteiger partial charge in [-0.3, -0.25) is 0 Å². The number of halogens is 1. The number of nitrogens with one attached hydrogen (secondary N) is 1. The summed E-state index contributed by atoms with van der Waals surface area (Å²) in [5.74, 6) is -0.930. The summed E-state index contributed by atoms with van der Waals surface area (Å²) in [4.78, 5) is 11.3. The Kier molecular flexibility index (Phi) is 5.85. The van der Waals surface area contributed by atoms with Crippen molar-refractivity contribution in [3.8, 4) is 0 Å². The molecule has 27 heavy (non-hydrogen) atoms. The number of aliphatic hydroxyl groups excluding tert-OH is 1. The zero-order valence-corrected chi connectivity index (χ0v) is 16.1. The van der Waals surface area contributed by atoms with E-state index in [9.17, 15) is 15.0 Å². The summed E-state index contributed by atoms with van der Waals surface area (Å²) in [5.41, 5.74) is 3.07. The summed E-state index contributed by atoms with van der Waals surface area (Å²) in [5, 5.41) is 24.4. The van der Waals surface area contributed by atoms with Crippen LogP contribution in [0.5, 0.6) is 0 Å². The first-order valence-electron chi connectivity index (χ1n) is 8.83. The van der Waals surface area contributed by atoms with Crippen molar-refractivity contribution in [2.45, 2.75) is 25.5 Å². The van der Waals surface area contributed by atoms with Gasteiger partial charge in [0.05, 0.1) is 6.10 Å². The highest BCUT2D eigenvalue weighted by Gasteiger charge is 2.14. The number of fused-ring (bicyclic) bond motifs is 1. The number of hydrogen-bond donors (Lipinski definition) is 3. The Morgan fingerprint density at radius 2 is 2.00 bits per heavy atom. The number of carboxylic acid groups (broad SMARTS) is 1. The van der Waals surface area contributed by atoms with Gasteiger partial charge in [-0.1, -0.05) is 29.8 Å². The van der Waals surface area contributed by atoms with E-state index in [2.05, 4.69) is 12.2 Å². The summed E-state index contributed by atoms with van der Waals surface area (Å²) in [6.07, 6.45) is 0.149. The molecule has 0 aliphatic carbocycles. The molecule has 0 amide bonds. The highest BCUT2D eigenvalue weighted by molar-refractivity contribution is 6.30. The average molecular weight is 387 g/mol. The van der Waals surface area contributed by atoms with Crippen LogP contribution in [0.3, 0.4) is 0 Å². The van der Waals surface area contributed by atoms with E-state index in [4.69, 9.17) is 11.6 Å². The molecule has 1 heterocycles. The van der Waals surface area contributed by atoms with Gasteiger partial charge in [0.25, 0.3) is 0 Å². The number of aryl methyl sites for hydroxylation is 1. The number of benzene rings is 2. The fourth-order valence-corrected chi connectivity index (χ4v) is 3.50. The molecule has 2 unspecified atom stereocenters. The third-order valence-electron chi connectivity index (χ3n) is 4.76. The smallest absolute Gasteiger partial charge is 0.352 e. The summed E-state index contributed by atoms with van der Waals surface area (Å²) in [6, 6.07) is 15.1. The van der Waals surface area contributed by atoms with E-state index in [1.807, 2.05) is 30.3 Å². The maximum atomic E-state index is 11.3. The van der Waals surface area contributed by atoms with Gasteiger partial charge in [-0.15, -0.1) is 0 Å². The molecule has 3 rings (SSSR count). The molecule has 0 bridgehead atoms. The SMILES string of the molecule is CC(Cc1ccc2c(c1)cc(C(=O)O)n2C)NCC(O)c1cccc(Cl)c1. The Labute approximate surface area is 163 Å². The van der Waals surface area contributed by atoms with E-state index in [1.54, 1.807) is 29.8 Å². The first kappa shape index (κ1) is 19.4. The van der Waals surface area contributed by atoms with Crippen molar-refractivity contribution in [1.82, 2.24) is 9.88 Å². The summed E-state index contributed by atoms with van der Waals surface area (Å²) >= 11 is 5.97. The number of nitrogens with zero attached hydrogens (tertiary/aromatic N) is 1. The Bertz CT molecular complexity index is 967. The van der Waals surface area contributed by atoms with Gasteiger partial charge in [0, 0.05) is 35.6 Å². The first-order chi connectivity index (χ1) is 12.8. The van der Waals surface area contributed by atoms with E-state index in [1.165, 1.54) is 0 Å². The van der Waals surface area contributed by atoms with Crippen LogP contribution in [0, 0.1) is 0 Å². The average Bonchev–Trinajstić information content (AvgIpc) is 2.96. The Morgan fingerprint density at radius 3 is 2.70 bits per heavy atom. The molecule has 1 aromatic heterocycles. The highest BCUT2D eigenvalue weighted by atomic mass is 35.5. The number of aliphatic hydroxyl groups is 1. The largest absolute Gasteiger partial charge is 0.477 e. The van der Waals surface area contributed by atoms with Crippen LogP contribution >= 0.6 is 11.6 Å². The fourth-order valence-electron chi connectivity index (χ4n) is 3.30. The van der Waals surface area contributed by atoms with E-state index in [0.717, 1.165) is 28.5 Å². The monoisotopic (exact) mass is 386 g/mol. The van der Waals surface area contributed by atoms with Crippen molar-refractivity contribution in [1.29, 1.82) is 0 Å². The fraction of sp³-hybridized carbons (Fsp3) is 0.286. The molecule has 0 fully saturated rings. The lowest BCUT2D eigenvalue weighted by Gasteiger charge is -2.18. The predicted octanol–water partition coefficient (Wildman–Crippen LogP) is 3.78. The van der Waals surface area contributed by atoms with Gasteiger partial charge in [-0.2, -0.15) is 0 Å². The Morgan fingerprint density at radius 1 is 1.22 bits per heavy atom. The van der Waals surface area contributed by atoms with Crippen LogP contribution in [0.25, 0.3) is 10.9 Å². The summed E-state index contributed by atoms with van der Waals surface area (Å²) in [7, 11) is 1.76. The second-order valence-electron chi connectivity index (χ2n) is 6.87. The summed E-state index contributed by atoms with van der Waals surface area (Å²) < 4.78 is 1.68. The van der Waals surface area contributed by atoms with Crippen molar-refractivity contribution < 1.29 is 15.0 Å². The van der Waals surface area contributed by atoms with Gasteiger partial charge in [-0.25, -0.2) is 4.79 Å². The normalized spacial score (nSPS) is 13.6. The molecule has 142 valence electrons. The first-order valence-corrected chi connectivity index (χ1v) is 9.21. The van der Waals surface area contributed by atoms with Gasteiger partial charge in [0.2, 0.25) is 0 Å². The van der Waals surface area contributed by atoms with Crippen molar-refractivity contribution in [2.24, 2.45) is 7.05 Å². The Hall–Kier alpha value is -2.34. The van der Waals surface area contributed by atoms with E-state index in [0.29, 0.717) is 11.6 Å². The molecule has 3 aromatic rings. The molecule has 2 atom stereocenters. The standard InChI is InChI=1S/C21H23ClN2O3/c1-13(23-12-20(25)15-4-3-5-17(22)10-15)8-14-6-7-18-16(9-14)11-19(21(26)27)24(18)2/h3-7,9-11,13,20,23,25H,8,12H2,1-2H3,(H,26,27). The molecule has 6 heteroatoms. The maximum absolute atomic E-state index is 11.3. The van der Waals surface area contributed by atoms with Crippen molar-refractivity contribution in [2.75, 3.05) is 6.54 Å². The van der Waals surface area contributed by atoms with Crippen LogP contribution in [-0.2, 0) is 13.5 Å². The molecule has 0 spiro atoms. The number of rotatable bonds is 7. The summed E-state index contributed by atoms with van der Waals surface area (Å²) in [6.45, 7) is 2.49. The lowest BCUT2D eigenvalue weighted by Crippen LogP contribution is -2.32. The zero-order chi connectivity index (χ0) is 19.6. The quantitative estimate of drug-likeness (QED) is 0.577. The van der Waals surface area contributed by atoms with Crippen molar-refractivity contribution in [3.05, 3.63) is 70.4 Å². The molecule has 0 radical (unpaired) electrons. The molecular weight excluding hydrogens is 364 g/mol. The molecule has 0 saturated heterocycles. The Balaban J connectivity index is 1.63. The molecule has 0 aliphatic heterocycles.